The molecule has 1 rings (SSSR count). The average molecular weight is 227 g/mol. The lowest BCUT2D eigenvalue weighted by Gasteiger charge is -2.22. The molecule has 0 saturated heterocycles. The van der Waals surface area contributed by atoms with Gasteiger partial charge in [-0.05, 0) is 27.7 Å². The van der Waals surface area contributed by atoms with Crippen LogP contribution >= 0.6 is 0 Å². The molecule has 0 aliphatic heterocycles. The van der Waals surface area contributed by atoms with Crippen LogP contribution in [0.3, 0.4) is 0 Å². The molecule has 0 atom stereocenters. The maximum Gasteiger partial charge on any atom is 0.336 e. The van der Waals surface area contributed by atoms with Crippen LogP contribution in [0.15, 0.2) is 14.4 Å². The molecule has 90 valence electrons. The van der Waals surface area contributed by atoms with Crippen molar-refractivity contribution in [3.8, 4) is 0 Å². The van der Waals surface area contributed by atoms with Crippen LogP contribution in [0.4, 0.5) is 0 Å². The minimum absolute atomic E-state index is 0.252. The molecule has 1 aromatic heterocycles. The van der Waals surface area contributed by atoms with Crippen molar-refractivity contribution in [2.75, 3.05) is 0 Å². The van der Waals surface area contributed by atoms with E-state index in [0.29, 0.717) is 0 Å². The Hall–Kier alpha value is -1.59. The maximum absolute atomic E-state index is 12.0. The molecule has 0 unspecified atom stereocenters. The summed E-state index contributed by atoms with van der Waals surface area (Å²) in [6.45, 7) is 7.20. The van der Waals surface area contributed by atoms with Gasteiger partial charge in [0.2, 0.25) is 0 Å². The van der Waals surface area contributed by atoms with E-state index in [1.807, 2.05) is 0 Å². The van der Waals surface area contributed by atoms with E-state index >= 15 is 0 Å². The number of hydrogen-bond acceptors (Lipinski definition) is 3. The first kappa shape index (κ1) is 12.5. The second-order valence-electron chi connectivity index (χ2n) is 4.66. The molecule has 6 heteroatoms. The van der Waals surface area contributed by atoms with E-state index in [1.54, 1.807) is 27.7 Å². The summed E-state index contributed by atoms with van der Waals surface area (Å²) in [6, 6.07) is 0. The van der Waals surface area contributed by atoms with Crippen molar-refractivity contribution >= 4 is 0 Å². The van der Waals surface area contributed by atoms with E-state index in [9.17, 15) is 14.4 Å². The quantitative estimate of drug-likeness (QED) is 0.648. The Balaban J connectivity index is 3.93. The molecule has 0 aliphatic carbocycles. The summed E-state index contributed by atoms with van der Waals surface area (Å²) in [6.07, 6.45) is 0. The first-order chi connectivity index (χ1) is 7.21. The maximum atomic E-state index is 12.0. The predicted octanol–water partition coefficient (Wildman–Crippen LogP) is -0.516. The third-order valence-electron chi connectivity index (χ3n) is 2.41. The highest BCUT2D eigenvalue weighted by Gasteiger charge is 2.22. The van der Waals surface area contributed by atoms with E-state index in [4.69, 9.17) is 0 Å². The van der Waals surface area contributed by atoms with E-state index in [-0.39, 0.29) is 6.54 Å². The highest BCUT2D eigenvalue weighted by atomic mass is 16.2. The van der Waals surface area contributed by atoms with Gasteiger partial charge in [0, 0.05) is 19.1 Å². The molecule has 1 aromatic rings. The Labute approximate surface area is 92.8 Å². The van der Waals surface area contributed by atoms with Crippen molar-refractivity contribution in [1.82, 2.24) is 13.7 Å². The Morgan fingerprint density at radius 2 is 1.50 bits per heavy atom. The monoisotopic (exact) mass is 227 g/mol. The topological polar surface area (TPSA) is 66.0 Å². The van der Waals surface area contributed by atoms with Gasteiger partial charge in [-0.15, -0.1) is 0 Å². The Morgan fingerprint density at radius 1 is 1.00 bits per heavy atom. The standard InChI is InChI=1S/C10H17N3O3/c1-6-12-7(14)11(5)8(15)13(9(12)16)10(2,3)4/h6H2,1-5H3. The van der Waals surface area contributed by atoms with Gasteiger partial charge in [0.1, 0.15) is 0 Å². The van der Waals surface area contributed by atoms with Crippen LogP contribution < -0.4 is 17.1 Å². The number of nitrogens with zero attached hydrogens (tertiary/aromatic N) is 3. The summed E-state index contributed by atoms with van der Waals surface area (Å²) in [5.41, 5.74) is -2.34. The van der Waals surface area contributed by atoms with Crippen molar-refractivity contribution in [3.63, 3.8) is 0 Å². The van der Waals surface area contributed by atoms with Crippen molar-refractivity contribution in [2.24, 2.45) is 7.05 Å². The number of rotatable bonds is 1. The van der Waals surface area contributed by atoms with Gasteiger partial charge in [-0.25, -0.2) is 28.1 Å². The fourth-order valence-electron chi connectivity index (χ4n) is 1.54. The minimum Gasteiger partial charge on any atom is -0.248 e. The van der Waals surface area contributed by atoms with Crippen LogP contribution in [-0.4, -0.2) is 13.7 Å². The van der Waals surface area contributed by atoms with Crippen LogP contribution in [0.2, 0.25) is 0 Å². The molecule has 6 nitrogen and oxygen atoms in total. The normalized spacial score (nSPS) is 11.8. The van der Waals surface area contributed by atoms with Crippen molar-refractivity contribution in [1.29, 1.82) is 0 Å². The fourth-order valence-corrected chi connectivity index (χ4v) is 1.54. The van der Waals surface area contributed by atoms with Gasteiger partial charge in [0.25, 0.3) is 0 Å². The lowest BCUT2D eigenvalue weighted by Crippen LogP contribution is -2.57. The fraction of sp³-hybridized carbons (Fsp3) is 0.700. The first-order valence-electron chi connectivity index (χ1n) is 5.15. The molecule has 0 spiro atoms. The van der Waals surface area contributed by atoms with Crippen molar-refractivity contribution in [3.05, 3.63) is 31.5 Å². The lowest BCUT2D eigenvalue weighted by atomic mass is 10.1. The molecule has 0 amide bonds. The molecule has 0 bridgehead atoms. The van der Waals surface area contributed by atoms with Crippen LogP contribution in [-0.2, 0) is 19.1 Å². The van der Waals surface area contributed by atoms with Gasteiger partial charge in [-0.3, -0.25) is 0 Å². The minimum atomic E-state index is -0.642. The molecule has 0 N–H and O–H groups in total. The zero-order valence-corrected chi connectivity index (χ0v) is 10.3. The summed E-state index contributed by atoms with van der Waals surface area (Å²) in [4.78, 5) is 35.4. The molecule has 0 aromatic carbocycles. The summed E-state index contributed by atoms with van der Waals surface area (Å²) in [5.74, 6) is 0. The van der Waals surface area contributed by atoms with Crippen molar-refractivity contribution in [2.45, 2.75) is 39.8 Å². The van der Waals surface area contributed by atoms with Crippen LogP contribution in [0.1, 0.15) is 27.7 Å². The summed E-state index contributed by atoms with van der Waals surface area (Å²) in [5, 5.41) is 0. The SMILES string of the molecule is CCn1c(=O)n(C)c(=O)n(C(C)(C)C)c1=O. The molecule has 0 fully saturated rings. The van der Waals surface area contributed by atoms with E-state index in [1.165, 1.54) is 7.05 Å². The van der Waals surface area contributed by atoms with E-state index in [0.717, 1.165) is 13.7 Å². The van der Waals surface area contributed by atoms with Gasteiger partial charge in [-0.2, -0.15) is 0 Å². The van der Waals surface area contributed by atoms with Gasteiger partial charge in [0.05, 0.1) is 0 Å². The number of hydrogen-bond donors (Lipinski definition) is 0. The average Bonchev–Trinajstić information content (AvgIpc) is 2.13. The highest BCUT2D eigenvalue weighted by molar-refractivity contribution is 4.84. The predicted molar refractivity (Wildman–Crippen MR) is 60.9 cm³/mol. The van der Waals surface area contributed by atoms with Crippen LogP contribution in [0, 0.1) is 0 Å². The largest absolute Gasteiger partial charge is 0.336 e. The molecule has 0 radical (unpaired) electrons. The third-order valence-corrected chi connectivity index (χ3v) is 2.41. The molecule has 0 aliphatic rings. The van der Waals surface area contributed by atoms with Gasteiger partial charge >= 0.3 is 17.1 Å². The molecular formula is C10H17N3O3. The van der Waals surface area contributed by atoms with Gasteiger partial charge in [0.15, 0.2) is 0 Å². The van der Waals surface area contributed by atoms with E-state index < -0.39 is 22.6 Å². The zero-order chi connectivity index (χ0) is 12.7. The number of aromatic nitrogens is 3. The summed E-state index contributed by atoms with van der Waals surface area (Å²) < 4.78 is 3.10. The Morgan fingerprint density at radius 3 is 1.88 bits per heavy atom. The lowest BCUT2D eigenvalue weighted by molar-refractivity contribution is 0.328. The van der Waals surface area contributed by atoms with E-state index in [2.05, 4.69) is 0 Å². The van der Waals surface area contributed by atoms with Crippen LogP contribution in [0.25, 0.3) is 0 Å². The zero-order valence-electron chi connectivity index (χ0n) is 10.3. The van der Waals surface area contributed by atoms with Crippen molar-refractivity contribution < 1.29 is 0 Å². The Bertz CT molecular complexity index is 569. The van der Waals surface area contributed by atoms with Crippen LogP contribution in [0.5, 0.6) is 0 Å². The smallest absolute Gasteiger partial charge is 0.248 e. The van der Waals surface area contributed by atoms with Gasteiger partial charge in [-0.1, -0.05) is 0 Å². The first-order valence-corrected chi connectivity index (χ1v) is 5.15. The summed E-state index contributed by atoms with van der Waals surface area (Å²) >= 11 is 0. The second kappa shape index (κ2) is 3.77. The molecular weight excluding hydrogens is 210 g/mol. The molecule has 0 saturated carbocycles. The van der Waals surface area contributed by atoms with Gasteiger partial charge < -0.3 is 0 Å². The molecule has 1 heterocycles. The Kier molecular flexibility index (Phi) is 2.94. The molecule has 16 heavy (non-hydrogen) atoms. The highest BCUT2D eigenvalue weighted by Crippen LogP contribution is 2.06. The third kappa shape index (κ3) is 1.75. The second-order valence-corrected chi connectivity index (χ2v) is 4.66. The summed E-state index contributed by atoms with van der Waals surface area (Å²) in [7, 11) is 1.37.